The molecule has 0 amide bonds. The van der Waals surface area contributed by atoms with Gasteiger partial charge in [0, 0.05) is 6.07 Å². The van der Waals surface area contributed by atoms with Crippen LogP contribution in [-0.2, 0) is 9.53 Å². The van der Waals surface area contributed by atoms with Crippen molar-refractivity contribution in [1.29, 1.82) is 0 Å². The van der Waals surface area contributed by atoms with Crippen LogP contribution in [0.3, 0.4) is 0 Å². The van der Waals surface area contributed by atoms with Crippen LogP contribution in [0.15, 0.2) is 18.2 Å². The molecule has 0 fully saturated rings. The van der Waals surface area contributed by atoms with Crippen LogP contribution in [0.4, 0.5) is 4.39 Å². The first-order valence-electron chi connectivity index (χ1n) is 5.13. The Morgan fingerprint density at radius 3 is 2.59 bits per heavy atom. The summed E-state index contributed by atoms with van der Waals surface area (Å²) in [7, 11) is 0. The van der Waals surface area contributed by atoms with E-state index < -0.39 is 11.8 Å². The molecule has 0 radical (unpaired) electrons. The summed E-state index contributed by atoms with van der Waals surface area (Å²) < 4.78 is 23.0. The highest BCUT2D eigenvalue weighted by Crippen LogP contribution is 2.17. The lowest BCUT2D eigenvalue weighted by atomic mass is 10.1. The van der Waals surface area contributed by atoms with Crippen molar-refractivity contribution in [2.45, 2.75) is 13.8 Å². The Labute approximate surface area is 98.3 Å². The summed E-state index contributed by atoms with van der Waals surface area (Å²) in [5, 5.41) is 0. The molecule has 0 aliphatic carbocycles. The predicted molar refractivity (Wildman–Crippen MR) is 58.5 cm³/mol. The van der Waals surface area contributed by atoms with Crippen molar-refractivity contribution in [3.8, 4) is 5.75 Å². The third kappa shape index (κ3) is 3.86. The monoisotopic (exact) mass is 240 g/mol. The Bertz CT molecular complexity index is 429. The van der Waals surface area contributed by atoms with Gasteiger partial charge in [0.2, 0.25) is 0 Å². The van der Waals surface area contributed by atoms with Gasteiger partial charge in [-0.1, -0.05) is 0 Å². The van der Waals surface area contributed by atoms with E-state index >= 15 is 0 Å². The molecule has 0 bridgehead atoms. The van der Waals surface area contributed by atoms with Crippen LogP contribution < -0.4 is 4.74 Å². The third-order valence-electron chi connectivity index (χ3n) is 1.98. The number of esters is 1. The van der Waals surface area contributed by atoms with Gasteiger partial charge in [-0.05, 0) is 26.0 Å². The number of rotatable bonds is 5. The van der Waals surface area contributed by atoms with E-state index in [0.717, 1.165) is 6.07 Å². The van der Waals surface area contributed by atoms with E-state index in [2.05, 4.69) is 4.74 Å². The smallest absolute Gasteiger partial charge is 0.344 e. The minimum absolute atomic E-state index is 0.00603. The Morgan fingerprint density at radius 1 is 1.35 bits per heavy atom. The molecule has 4 nitrogen and oxygen atoms in total. The first-order valence-corrected chi connectivity index (χ1v) is 5.13. The molecule has 1 aromatic rings. The molecule has 0 saturated heterocycles. The quantitative estimate of drug-likeness (QED) is 0.583. The zero-order valence-electron chi connectivity index (χ0n) is 9.66. The highest BCUT2D eigenvalue weighted by atomic mass is 19.1. The molecule has 0 spiro atoms. The van der Waals surface area contributed by atoms with Crippen LogP contribution in [0.25, 0.3) is 0 Å². The van der Waals surface area contributed by atoms with Gasteiger partial charge in [0.1, 0.15) is 11.6 Å². The summed E-state index contributed by atoms with van der Waals surface area (Å²) in [5.41, 5.74) is -0.00603. The first kappa shape index (κ1) is 13.2. The molecule has 0 aromatic heterocycles. The maximum Gasteiger partial charge on any atom is 0.344 e. The van der Waals surface area contributed by atoms with Crippen LogP contribution in [0.5, 0.6) is 5.75 Å². The number of halogens is 1. The van der Waals surface area contributed by atoms with Crippen molar-refractivity contribution >= 4 is 11.8 Å². The largest absolute Gasteiger partial charge is 0.482 e. The topological polar surface area (TPSA) is 52.6 Å². The van der Waals surface area contributed by atoms with E-state index in [1.807, 2.05) is 0 Å². The molecule has 0 aliphatic heterocycles. The van der Waals surface area contributed by atoms with E-state index in [-0.39, 0.29) is 30.3 Å². The lowest BCUT2D eigenvalue weighted by Gasteiger charge is -2.06. The molecule has 92 valence electrons. The molecule has 0 N–H and O–H groups in total. The van der Waals surface area contributed by atoms with Crippen LogP contribution in [0.2, 0.25) is 0 Å². The minimum Gasteiger partial charge on any atom is -0.482 e. The SMILES string of the molecule is CCOC(=O)COc1ccc(C(C)=O)c(F)c1. The van der Waals surface area contributed by atoms with Gasteiger partial charge in [-0.15, -0.1) is 0 Å². The van der Waals surface area contributed by atoms with E-state index in [4.69, 9.17) is 4.74 Å². The van der Waals surface area contributed by atoms with Crippen LogP contribution >= 0.6 is 0 Å². The lowest BCUT2D eigenvalue weighted by Crippen LogP contribution is -2.14. The second-order valence-electron chi connectivity index (χ2n) is 3.29. The van der Waals surface area contributed by atoms with Gasteiger partial charge in [-0.2, -0.15) is 0 Å². The average molecular weight is 240 g/mol. The zero-order chi connectivity index (χ0) is 12.8. The zero-order valence-corrected chi connectivity index (χ0v) is 9.66. The van der Waals surface area contributed by atoms with E-state index in [1.54, 1.807) is 6.92 Å². The van der Waals surface area contributed by atoms with Gasteiger partial charge < -0.3 is 9.47 Å². The fourth-order valence-electron chi connectivity index (χ4n) is 1.22. The Kier molecular flexibility index (Phi) is 4.63. The van der Waals surface area contributed by atoms with E-state index in [9.17, 15) is 14.0 Å². The molecule has 0 unspecified atom stereocenters. The fourth-order valence-corrected chi connectivity index (χ4v) is 1.22. The van der Waals surface area contributed by atoms with Crippen molar-refractivity contribution in [2.75, 3.05) is 13.2 Å². The number of ketones is 1. The number of hydrogen-bond donors (Lipinski definition) is 0. The maximum atomic E-state index is 13.4. The summed E-state index contributed by atoms with van der Waals surface area (Å²) in [6.07, 6.45) is 0. The molecule has 1 aromatic carbocycles. The van der Waals surface area contributed by atoms with Crippen LogP contribution in [0, 0.1) is 5.82 Å². The van der Waals surface area contributed by atoms with Crippen molar-refractivity contribution in [2.24, 2.45) is 0 Å². The van der Waals surface area contributed by atoms with Crippen LogP contribution in [0.1, 0.15) is 24.2 Å². The number of Topliss-reactive ketones (excluding diaryl/α,β-unsaturated/α-hetero) is 1. The summed E-state index contributed by atoms with van der Waals surface area (Å²) in [6, 6.07) is 3.81. The second kappa shape index (κ2) is 5.98. The molecular formula is C12H13FO4. The minimum atomic E-state index is -0.668. The number of ether oxygens (including phenoxy) is 2. The molecule has 5 heteroatoms. The van der Waals surface area contributed by atoms with Gasteiger partial charge >= 0.3 is 5.97 Å². The second-order valence-corrected chi connectivity index (χ2v) is 3.29. The summed E-state index contributed by atoms with van der Waals surface area (Å²) in [4.78, 5) is 22.0. The van der Waals surface area contributed by atoms with Gasteiger partial charge in [-0.25, -0.2) is 9.18 Å². The van der Waals surface area contributed by atoms with Gasteiger partial charge in [0.05, 0.1) is 12.2 Å². The predicted octanol–water partition coefficient (Wildman–Crippen LogP) is 1.97. The maximum absolute atomic E-state index is 13.4. The van der Waals surface area contributed by atoms with Crippen molar-refractivity contribution in [3.63, 3.8) is 0 Å². The summed E-state index contributed by atoms with van der Waals surface area (Å²) >= 11 is 0. The van der Waals surface area contributed by atoms with E-state index in [1.165, 1.54) is 19.1 Å². The molecular weight excluding hydrogens is 227 g/mol. The Hall–Kier alpha value is -1.91. The molecule has 1 rings (SSSR count). The first-order chi connectivity index (χ1) is 8.04. The highest BCUT2D eigenvalue weighted by molar-refractivity contribution is 5.94. The fraction of sp³-hybridized carbons (Fsp3) is 0.333. The van der Waals surface area contributed by atoms with Crippen LogP contribution in [-0.4, -0.2) is 25.0 Å². The van der Waals surface area contributed by atoms with Crippen molar-refractivity contribution in [1.82, 2.24) is 0 Å². The lowest BCUT2D eigenvalue weighted by molar-refractivity contribution is -0.145. The normalized spacial score (nSPS) is 9.82. The Balaban J connectivity index is 2.65. The van der Waals surface area contributed by atoms with E-state index in [0.29, 0.717) is 0 Å². The molecule has 0 saturated carbocycles. The molecule has 0 aliphatic rings. The number of hydrogen-bond acceptors (Lipinski definition) is 4. The molecule has 0 heterocycles. The molecule has 0 atom stereocenters. The third-order valence-corrected chi connectivity index (χ3v) is 1.98. The highest BCUT2D eigenvalue weighted by Gasteiger charge is 2.09. The van der Waals surface area contributed by atoms with Gasteiger partial charge in [0.25, 0.3) is 0 Å². The van der Waals surface area contributed by atoms with Crippen molar-refractivity contribution in [3.05, 3.63) is 29.6 Å². The number of carbonyl (C=O) groups excluding carboxylic acids is 2. The summed E-state index contributed by atoms with van der Waals surface area (Å²) in [5.74, 6) is -1.37. The standard InChI is InChI=1S/C12H13FO4/c1-3-16-12(15)7-17-9-4-5-10(8(2)14)11(13)6-9/h4-6H,3,7H2,1-2H3. The Morgan fingerprint density at radius 2 is 2.06 bits per heavy atom. The molecule has 17 heavy (non-hydrogen) atoms. The summed E-state index contributed by atoms with van der Waals surface area (Å²) in [6.45, 7) is 2.93. The van der Waals surface area contributed by atoms with Gasteiger partial charge in [-0.3, -0.25) is 4.79 Å². The van der Waals surface area contributed by atoms with Crippen molar-refractivity contribution < 1.29 is 23.5 Å². The number of benzene rings is 1. The van der Waals surface area contributed by atoms with Gasteiger partial charge in [0.15, 0.2) is 12.4 Å². The average Bonchev–Trinajstić information content (AvgIpc) is 2.26. The number of carbonyl (C=O) groups is 2.